The van der Waals surface area contributed by atoms with Gasteiger partial charge in [0.2, 0.25) is 0 Å². The predicted octanol–water partition coefficient (Wildman–Crippen LogP) is 4.08. The van der Waals surface area contributed by atoms with Crippen LogP contribution in [0.5, 0.6) is 0 Å². The molecule has 0 aromatic carbocycles. The summed E-state index contributed by atoms with van der Waals surface area (Å²) in [7, 11) is 2.24. The van der Waals surface area contributed by atoms with Gasteiger partial charge in [-0.15, -0.1) is 0 Å². The Bertz CT molecular complexity index is 213. The Kier molecular flexibility index (Phi) is 7.81. The van der Waals surface area contributed by atoms with Crippen molar-refractivity contribution < 1.29 is 4.74 Å². The fraction of sp³-hybridized carbons (Fsp3) is 1.00. The molecule has 0 aliphatic heterocycles. The van der Waals surface area contributed by atoms with Gasteiger partial charge in [-0.3, -0.25) is 0 Å². The summed E-state index contributed by atoms with van der Waals surface area (Å²) in [4.78, 5) is 2.45. The number of likely N-dealkylation sites (N-methyl/N-ethyl adjacent to an activating group) is 1. The van der Waals surface area contributed by atoms with E-state index in [0.717, 1.165) is 18.5 Å². The first-order chi connectivity index (χ1) is 8.58. The average molecular weight is 320 g/mol. The number of nitrogens with zero attached hydrogens (tertiary/aromatic N) is 1. The molecule has 0 heterocycles. The summed E-state index contributed by atoms with van der Waals surface area (Å²) < 4.78 is 5.64. The molecule has 1 rings (SSSR count). The Morgan fingerprint density at radius 2 is 1.78 bits per heavy atom. The third-order valence-corrected chi connectivity index (χ3v) is 5.17. The third kappa shape index (κ3) is 6.03. The molecular weight excluding hydrogens is 290 g/mol. The molecule has 1 aliphatic carbocycles. The number of halogens is 1. The molecule has 0 unspecified atom stereocenters. The highest BCUT2D eigenvalue weighted by molar-refractivity contribution is 9.09. The van der Waals surface area contributed by atoms with E-state index in [1.807, 2.05) is 0 Å². The van der Waals surface area contributed by atoms with Gasteiger partial charge in [0.15, 0.2) is 0 Å². The monoisotopic (exact) mass is 319 g/mol. The van der Waals surface area contributed by atoms with Gasteiger partial charge in [-0.2, -0.15) is 0 Å². The Morgan fingerprint density at radius 3 is 2.28 bits per heavy atom. The highest BCUT2D eigenvalue weighted by Gasteiger charge is 2.30. The summed E-state index contributed by atoms with van der Waals surface area (Å²) in [6.45, 7) is 7.32. The van der Waals surface area contributed by atoms with Crippen LogP contribution in [0.15, 0.2) is 0 Å². The van der Waals surface area contributed by atoms with Crippen molar-refractivity contribution in [1.29, 1.82) is 0 Å². The van der Waals surface area contributed by atoms with Crippen molar-refractivity contribution in [3.8, 4) is 0 Å². The molecule has 0 aromatic heterocycles. The number of hydrogen-bond acceptors (Lipinski definition) is 2. The maximum Gasteiger partial charge on any atom is 0.0596 e. The first kappa shape index (κ1) is 16.5. The van der Waals surface area contributed by atoms with Gasteiger partial charge in [0.25, 0.3) is 0 Å². The second-order valence-corrected chi connectivity index (χ2v) is 6.77. The van der Waals surface area contributed by atoms with Crippen molar-refractivity contribution in [3.63, 3.8) is 0 Å². The Morgan fingerprint density at radius 1 is 1.17 bits per heavy atom. The summed E-state index contributed by atoms with van der Waals surface area (Å²) in [6, 6.07) is 0. The zero-order valence-corrected chi connectivity index (χ0v) is 14.0. The lowest BCUT2D eigenvalue weighted by atomic mass is 9.82. The molecule has 3 heteroatoms. The Balaban J connectivity index is 2.35. The van der Waals surface area contributed by atoms with Gasteiger partial charge in [0.05, 0.1) is 12.7 Å². The highest BCUT2D eigenvalue weighted by Crippen LogP contribution is 2.37. The van der Waals surface area contributed by atoms with E-state index in [0.29, 0.717) is 11.5 Å². The lowest BCUT2D eigenvalue weighted by Gasteiger charge is -2.35. The minimum Gasteiger partial charge on any atom is -0.377 e. The molecule has 18 heavy (non-hydrogen) atoms. The van der Waals surface area contributed by atoms with Gasteiger partial charge in [-0.05, 0) is 39.2 Å². The molecule has 0 N–H and O–H groups in total. The van der Waals surface area contributed by atoms with Crippen LogP contribution in [0.3, 0.4) is 0 Å². The number of alkyl halides is 1. The van der Waals surface area contributed by atoms with Crippen LogP contribution in [0.2, 0.25) is 0 Å². The van der Waals surface area contributed by atoms with Gasteiger partial charge in [0.1, 0.15) is 0 Å². The van der Waals surface area contributed by atoms with Crippen LogP contribution in [0.4, 0.5) is 0 Å². The highest BCUT2D eigenvalue weighted by atomic mass is 79.9. The standard InChI is InChI=1S/C15H30BrNO/c1-14(2)18-11-10-17(3)13-15(12-16)8-6-4-5-7-9-15/h14H,4-13H2,1-3H3. The maximum atomic E-state index is 5.64. The van der Waals surface area contributed by atoms with Crippen LogP contribution in [0.1, 0.15) is 52.4 Å². The quantitative estimate of drug-likeness (QED) is 0.518. The lowest BCUT2D eigenvalue weighted by Crippen LogP contribution is -2.38. The molecule has 1 saturated carbocycles. The van der Waals surface area contributed by atoms with Crippen LogP contribution in [0, 0.1) is 5.41 Å². The average Bonchev–Trinajstić information content (AvgIpc) is 2.55. The molecule has 1 fully saturated rings. The van der Waals surface area contributed by atoms with Gasteiger partial charge in [-0.1, -0.05) is 41.6 Å². The second kappa shape index (κ2) is 8.55. The summed E-state index contributed by atoms with van der Waals surface area (Å²) in [5.41, 5.74) is 0.503. The number of ether oxygens (including phenoxy) is 1. The third-order valence-electron chi connectivity index (χ3n) is 3.98. The van der Waals surface area contributed by atoms with E-state index in [1.165, 1.54) is 45.1 Å². The van der Waals surface area contributed by atoms with Crippen LogP contribution in [0.25, 0.3) is 0 Å². The molecule has 0 radical (unpaired) electrons. The van der Waals surface area contributed by atoms with Gasteiger partial charge in [-0.25, -0.2) is 0 Å². The largest absolute Gasteiger partial charge is 0.377 e. The zero-order valence-electron chi connectivity index (χ0n) is 12.4. The minimum atomic E-state index is 0.349. The van der Waals surface area contributed by atoms with Gasteiger partial charge < -0.3 is 9.64 Å². The summed E-state index contributed by atoms with van der Waals surface area (Å²) in [5, 5.41) is 1.15. The molecule has 0 bridgehead atoms. The lowest BCUT2D eigenvalue weighted by molar-refractivity contribution is 0.0547. The number of rotatable bonds is 7. The van der Waals surface area contributed by atoms with E-state index in [4.69, 9.17) is 4.74 Å². The maximum absolute atomic E-state index is 5.64. The van der Waals surface area contributed by atoms with Crippen molar-refractivity contribution in [3.05, 3.63) is 0 Å². The first-order valence-corrected chi connectivity index (χ1v) is 8.56. The van der Waals surface area contributed by atoms with Crippen LogP contribution in [-0.2, 0) is 4.74 Å². The van der Waals surface area contributed by atoms with Crippen LogP contribution < -0.4 is 0 Å². The molecule has 0 saturated heterocycles. The van der Waals surface area contributed by atoms with Crippen molar-refractivity contribution in [2.45, 2.75) is 58.5 Å². The molecule has 2 nitrogen and oxygen atoms in total. The molecule has 1 aliphatic rings. The summed E-state index contributed by atoms with van der Waals surface area (Å²) in [5.74, 6) is 0. The molecule has 0 atom stereocenters. The normalized spacial score (nSPS) is 20.3. The zero-order chi connectivity index (χ0) is 13.4. The van der Waals surface area contributed by atoms with E-state index in [1.54, 1.807) is 0 Å². The van der Waals surface area contributed by atoms with Crippen molar-refractivity contribution >= 4 is 15.9 Å². The first-order valence-electron chi connectivity index (χ1n) is 7.44. The van der Waals surface area contributed by atoms with Crippen molar-refractivity contribution in [2.75, 3.05) is 32.1 Å². The summed E-state index contributed by atoms with van der Waals surface area (Å²) >= 11 is 3.76. The fourth-order valence-corrected chi connectivity index (χ4v) is 3.65. The molecule has 0 amide bonds. The molecule has 108 valence electrons. The van der Waals surface area contributed by atoms with E-state index in [2.05, 4.69) is 41.7 Å². The van der Waals surface area contributed by atoms with Crippen molar-refractivity contribution in [1.82, 2.24) is 4.90 Å². The minimum absolute atomic E-state index is 0.349. The molecular formula is C15H30BrNO. The van der Waals surface area contributed by atoms with Crippen LogP contribution in [-0.4, -0.2) is 43.1 Å². The predicted molar refractivity (Wildman–Crippen MR) is 82.5 cm³/mol. The number of hydrogen-bond donors (Lipinski definition) is 0. The van der Waals surface area contributed by atoms with E-state index in [9.17, 15) is 0 Å². The topological polar surface area (TPSA) is 12.5 Å². The van der Waals surface area contributed by atoms with E-state index >= 15 is 0 Å². The Labute approximate surface area is 122 Å². The smallest absolute Gasteiger partial charge is 0.0596 e. The molecule has 0 aromatic rings. The fourth-order valence-electron chi connectivity index (χ4n) is 2.91. The Hall–Kier alpha value is 0.400. The summed E-state index contributed by atoms with van der Waals surface area (Å²) in [6.07, 6.45) is 8.77. The van der Waals surface area contributed by atoms with Crippen LogP contribution >= 0.6 is 15.9 Å². The van der Waals surface area contributed by atoms with E-state index < -0.39 is 0 Å². The van der Waals surface area contributed by atoms with E-state index in [-0.39, 0.29) is 0 Å². The second-order valence-electron chi connectivity index (χ2n) is 6.21. The van der Waals surface area contributed by atoms with Gasteiger partial charge in [0, 0.05) is 18.4 Å². The molecule has 0 spiro atoms. The SMILES string of the molecule is CC(C)OCCN(C)CC1(CBr)CCCCCC1. The van der Waals surface area contributed by atoms with Crippen molar-refractivity contribution in [2.24, 2.45) is 5.41 Å². The van der Waals surface area contributed by atoms with Gasteiger partial charge >= 0.3 is 0 Å².